The van der Waals surface area contributed by atoms with Crippen molar-refractivity contribution in [3.8, 4) is 12.1 Å². The Labute approximate surface area is 119 Å². The highest BCUT2D eigenvalue weighted by Crippen LogP contribution is 2.83. The molecule has 1 aliphatic carbocycles. The van der Waals surface area contributed by atoms with Gasteiger partial charge in [0.15, 0.2) is 10.8 Å². The fourth-order valence-electron chi connectivity index (χ4n) is 4.42. The van der Waals surface area contributed by atoms with Crippen molar-refractivity contribution in [3.05, 3.63) is 0 Å². The Morgan fingerprint density at radius 2 is 1.80 bits per heavy atom. The Kier molecular flexibility index (Phi) is 2.91. The molecule has 6 heteroatoms. The second-order valence-corrected chi connectivity index (χ2v) is 6.22. The minimum absolute atomic E-state index is 0.258. The van der Waals surface area contributed by atoms with Crippen LogP contribution in [0, 0.1) is 44.8 Å². The molecule has 1 fully saturated rings. The number of rotatable bonds is 4. The summed E-state index contributed by atoms with van der Waals surface area (Å²) in [7, 11) is 2.90. The number of fused-ring (bicyclic) bond motifs is 1. The van der Waals surface area contributed by atoms with Crippen LogP contribution in [0.1, 0.15) is 27.2 Å². The Bertz CT molecular complexity index is 555. The highest BCUT2D eigenvalue weighted by Gasteiger charge is 3.02. The first kappa shape index (κ1) is 14.8. The van der Waals surface area contributed by atoms with Crippen LogP contribution in [-0.2, 0) is 9.47 Å². The maximum atomic E-state index is 9.86. The molecule has 0 unspecified atom stereocenters. The predicted molar refractivity (Wildman–Crippen MR) is 70.6 cm³/mol. The highest BCUT2D eigenvalue weighted by molar-refractivity contribution is 5.94. The first-order valence-corrected chi connectivity index (χ1v) is 6.63. The van der Waals surface area contributed by atoms with Gasteiger partial charge in [-0.15, -0.1) is 0 Å². The molecule has 0 bridgehead atoms. The Hall–Kier alpha value is -1.63. The summed E-state index contributed by atoms with van der Waals surface area (Å²) in [6.07, 6.45) is 0.685. The van der Waals surface area contributed by atoms with Crippen molar-refractivity contribution in [2.24, 2.45) is 27.9 Å². The summed E-state index contributed by atoms with van der Waals surface area (Å²) in [6.45, 7) is 6.03. The Morgan fingerprint density at radius 1 is 1.25 bits per heavy atom. The molecule has 1 saturated carbocycles. The van der Waals surface area contributed by atoms with E-state index < -0.39 is 22.2 Å². The molecule has 0 radical (unpaired) electrons. The molecule has 1 aliphatic heterocycles. The molecule has 2 rings (SSSR count). The number of methoxy groups -OCH3 is 2. The molecule has 6 nitrogen and oxygen atoms in total. The lowest BCUT2D eigenvalue weighted by molar-refractivity contribution is -0.690. The topological polar surface area (TPSA) is 106 Å². The van der Waals surface area contributed by atoms with E-state index >= 15 is 0 Å². The molecule has 3 atom stereocenters. The van der Waals surface area contributed by atoms with Gasteiger partial charge in [0.05, 0.1) is 12.1 Å². The lowest BCUT2D eigenvalue weighted by atomic mass is 9.84. The number of hydrogen-bond donors (Lipinski definition) is 2. The second kappa shape index (κ2) is 3.94. The molecule has 108 valence electrons. The normalized spacial score (nSPS) is 40.7. The largest absolute Gasteiger partial charge is 0.342 e. The summed E-state index contributed by atoms with van der Waals surface area (Å²) < 4.78 is 10.9. The number of nitrogens with two attached hydrogens (primary N) is 1. The second-order valence-electron chi connectivity index (χ2n) is 6.22. The maximum absolute atomic E-state index is 9.86. The van der Waals surface area contributed by atoms with Gasteiger partial charge in [-0.3, -0.25) is 5.73 Å². The van der Waals surface area contributed by atoms with Gasteiger partial charge in [0.25, 0.3) is 5.84 Å². The van der Waals surface area contributed by atoms with E-state index in [1.54, 1.807) is 0 Å². The predicted octanol–water partition coefficient (Wildman–Crippen LogP) is -0.530. The fraction of sp³-hybridized carbons (Fsp3) is 0.786. The molecular formula is C14H21N4O2+. The van der Waals surface area contributed by atoms with Crippen LogP contribution in [0.5, 0.6) is 0 Å². The number of nitriles is 2. The summed E-state index contributed by atoms with van der Waals surface area (Å²) in [5, 5.41) is 19.6. The average Bonchev–Trinajstić information content (AvgIpc) is 2.76. The third-order valence-corrected chi connectivity index (χ3v) is 5.08. The van der Waals surface area contributed by atoms with Crippen LogP contribution in [-0.4, -0.2) is 26.0 Å². The van der Waals surface area contributed by atoms with Crippen molar-refractivity contribution in [1.29, 1.82) is 10.5 Å². The first-order chi connectivity index (χ1) is 9.29. The van der Waals surface area contributed by atoms with Crippen molar-refractivity contribution in [2.45, 2.75) is 33.1 Å². The summed E-state index contributed by atoms with van der Waals surface area (Å²) in [5.74, 6) is -0.806. The van der Waals surface area contributed by atoms with E-state index in [4.69, 9.17) is 15.2 Å². The van der Waals surface area contributed by atoms with E-state index in [1.807, 2.05) is 6.92 Å². The van der Waals surface area contributed by atoms with Gasteiger partial charge in [-0.2, -0.15) is 10.5 Å². The van der Waals surface area contributed by atoms with Crippen LogP contribution in [0.25, 0.3) is 0 Å². The molecule has 1 heterocycles. The molecule has 20 heavy (non-hydrogen) atoms. The van der Waals surface area contributed by atoms with Crippen LogP contribution < -0.4 is 10.7 Å². The Balaban J connectivity index is 2.71. The fourth-order valence-corrected chi connectivity index (χ4v) is 4.42. The van der Waals surface area contributed by atoms with Crippen LogP contribution in [0.15, 0.2) is 0 Å². The van der Waals surface area contributed by atoms with Crippen LogP contribution in [0.3, 0.4) is 0 Å². The van der Waals surface area contributed by atoms with Gasteiger partial charge in [0.2, 0.25) is 0 Å². The molecule has 0 aromatic heterocycles. The summed E-state index contributed by atoms with van der Waals surface area (Å²) in [6, 6.07) is 4.56. The third-order valence-electron chi connectivity index (χ3n) is 5.08. The zero-order valence-electron chi connectivity index (χ0n) is 12.6. The van der Waals surface area contributed by atoms with E-state index in [0.29, 0.717) is 12.3 Å². The molecular weight excluding hydrogens is 256 g/mol. The number of ether oxygens (including phenoxy) is 2. The molecule has 0 aromatic rings. The quantitative estimate of drug-likeness (QED) is 0.672. The standard InChI is InChI=1S/C14H20N4O2/c1-9(2)6-11(3)12(7-15)10(17)18-14(19-4,20-5)13(11,12)8-16/h9H,6H2,1-5H3,(H2,17,18)/p+1/t11-,12-,13+/m0/s1. The van der Waals surface area contributed by atoms with Gasteiger partial charge in [-0.1, -0.05) is 20.8 Å². The smallest absolute Gasteiger partial charge is 0.317 e. The van der Waals surface area contributed by atoms with Crippen molar-refractivity contribution in [3.63, 3.8) is 0 Å². The molecule has 2 aliphatic rings. The van der Waals surface area contributed by atoms with Crippen molar-refractivity contribution >= 4 is 5.84 Å². The van der Waals surface area contributed by atoms with Crippen molar-refractivity contribution < 1.29 is 14.5 Å². The SMILES string of the molecule is COC1(OC)[NH+]=C(N)[C@@]2(C#N)[C@](C)(CC(C)C)[C@@]12C#N. The average molecular weight is 277 g/mol. The first-order valence-electron chi connectivity index (χ1n) is 6.63. The van der Waals surface area contributed by atoms with E-state index in [2.05, 4.69) is 31.0 Å². The monoisotopic (exact) mass is 277 g/mol. The zero-order valence-corrected chi connectivity index (χ0v) is 12.6. The van der Waals surface area contributed by atoms with Crippen molar-refractivity contribution in [1.82, 2.24) is 0 Å². The van der Waals surface area contributed by atoms with Crippen LogP contribution in [0.4, 0.5) is 0 Å². The third kappa shape index (κ3) is 1.06. The molecule has 3 N–H and O–H groups in total. The number of nitrogens with one attached hydrogen (secondary N) is 1. The maximum Gasteiger partial charge on any atom is 0.342 e. The van der Waals surface area contributed by atoms with Crippen molar-refractivity contribution in [2.75, 3.05) is 14.2 Å². The number of hydrogen-bond acceptors (Lipinski definition) is 5. The van der Waals surface area contributed by atoms with Crippen LogP contribution >= 0.6 is 0 Å². The van der Waals surface area contributed by atoms with Gasteiger partial charge >= 0.3 is 5.91 Å². The van der Waals surface area contributed by atoms with Gasteiger partial charge in [0, 0.05) is 19.6 Å². The molecule has 0 saturated heterocycles. The van der Waals surface area contributed by atoms with Gasteiger partial charge in [-0.05, 0) is 12.3 Å². The lowest BCUT2D eigenvalue weighted by Gasteiger charge is -2.30. The van der Waals surface area contributed by atoms with Crippen LogP contribution in [0.2, 0.25) is 0 Å². The van der Waals surface area contributed by atoms with Gasteiger partial charge < -0.3 is 9.47 Å². The molecule has 0 spiro atoms. The van der Waals surface area contributed by atoms with E-state index in [9.17, 15) is 10.5 Å². The minimum atomic E-state index is -1.38. The van der Waals surface area contributed by atoms with Gasteiger partial charge in [-0.25, -0.2) is 4.99 Å². The summed E-state index contributed by atoms with van der Waals surface area (Å²) in [4.78, 5) is 2.88. The zero-order chi connectivity index (χ0) is 15.4. The molecule has 0 aromatic carbocycles. The molecule has 0 amide bonds. The van der Waals surface area contributed by atoms with E-state index in [-0.39, 0.29) is 5.84 Å². The Morgan fingerprint density at radius 3 is 2.15 bits per heavy atom. The minimum Gasteiger partial charge on any atom is -0.317 e. The number of amidine groups is 1. The van der Waals surface area contributed by atoms with E-state index in [1.165, 1.54) is 14.2 Å². The van der Waals surface area contributed by atoms with E-state index in [0.717, 1.165) is 0 Å². The van der Waals surface area contributed by atoms with Gasteiger partial charge in [0.1, 0.15) is 0 Å². The number of nitrogens with zero attached hydrogens (tertiary/aromatic N) is 2. The lowest BCUT2D eigenvalue weighted by Crippen LogP contribution is -2.91. The summed E-state index contributed by atoms with van der Waals surface area (Å²) in [5.41, 5.74) is 3.22. The highest BCUT2D eigenvalue weighted by atomic mass is 16.7. The summed E-state index contributed by atoms with van der Waals surface area (Å²) >= 11 is 0.